The third kappa shape index (κ3) is 3.03. The number of ether oxygens (including phenoxy) is 2. The molecule has 0 radical (unpaired) electrons. The molecule has 1 N–H and O–H groups in total. The van der Waals surface area contributed by atoms with E-state index in [1.807, 2.05) is 25.2 Å². The van der Waals surface area contributed by atoms with Crippen molar-refractivity contribution in [3.05, 3.63) is 58.7 Å². The second kappa shape index (κ2) is 6.64. The van der Waals surface area contributed by atoms with Gasteiger partial charge in [-0.2, -0.15) is 0 Å². The Labute approximate surface area is 126 Å². The van der Waals surface area contributed by atoms with Gasteiger partial charge >= 0.3 is 0 Å². The predicted octanol–water partition coefficient (Wildman–Crippen LogP) is 3.63. The molecular formula is C18H23NO2. The quantitative estimate of drug-likeness (QED) is 0.910. The topological polar surface area (TPSA) is 30.5 Å². The van der Waals surface area contributed by atoms with Crippen molar-refractivity contribution in [2.75, 3.05) is 21.3 Å². The summed E-state index contributed by atoms with van der Waals surface area (Å²) in [6.45, 7) is 4.25. The zero-order chi connectivity index (χ0) is 15.4. The number of benzene rings is 2. The standard InChI is InChI=1S/C18H23NO2/c1-12-9-10-14(11-13(12)2)18(19-3)17-15(20-4)7-6-8-16(17)21-5/h6-11,18-19H,1-5H3. The van der Waals surface area contributed by atoms with Gasteiger partial charge in [0.1, 0.15) is 11.5 Å². The summed E-state index contributed by atoms with van der Waals surface area (Å²) in [5, 5.41) is 3.37. The number of methoxy groups -OCH3 is 2. The number of aryl methyl sites for hydroxylation is 2. The molecule has 0 aliphatic heterocycles. The van der Waals surface area contributed by atoms with Crippen LogP contribution in [0.1, 0.15) is 28.3 Å². The van der Waals surface area contributed by atoms with Crippen molar-refractivity contribution < 1.29 is 9.47 Å². The van der Waals surface area contributed by atoms with Crippen LogP contribution in [0.5, 0.6) is 11.5 Å². The molecule has 0 spiro atoms. The molecule has 3 heteroatoms. The molecule has 0 amide bonds. The van der Waals surface area contributed by atoms with E-state index in [-0.39, 0.29) is 6.04 Å². The van der Waals surface area contributed by atoms with E-state index in [1.54, 1.807) is 14.2 Å². The van der Waals surface area contributed by atoms with Gasteiger partial charge in [0.25, 0.3) is 0 Å². The number of hydrogen-bond acceptors (Lipinski definition) is 3. The summed E-state index contributed by atoms with van der Waals surface area (Å²) in [5.74, 6) is 1.65. The van der Waals surface area contributed by atoms with E-state index in [0.717, 1.165) is 17.1 Å². The largest absolute Gasteiger partial charge is 0.496 e. The van der Waals surface area contributed by atoms with Crippen LogP contribution < -0.4 is 14.8 Å². The van der Waals surface area contributed by atoms with Crippen molar-refractivity contribution in [3.63, 3.8) is 0 Å². The molecule has 0 saturated carbocycles. The van der Waals surface area contributed by atoms with Crippen LogP contribution in [0.3, 0.4) is 0 Å². The fourth-order valence-electron chi connectivity index (χ4n) is 2.59. The lowest BCUT2D eigenvalue weighted by molar-refractivity contribution is 0.379. The van der Waals surface area contributed by atoms with E-state index >= 15 is 0 Å². The van der Waals surface area contributed by atoms with Crippen molar-refractivity contribution in [1.29, 1.82) is 0 Å². The van der Waals surface area contributed by atoms with Crippen LogP contribution in [0.4, 0.5) is 0 Å². The normalized spacial score (nSPS) is 12.0. The van der Waals surface area contributed by atoms with Crippen LogP contribution in [-0.2, 0) is 0 Å². The lowest BCUT2D eigenvalue weighted by atomic mass is 9.94. The Kier molecular flexibility index (Phi) is 4.86. The smallest absolute Gasteiger partial charge is 0.127 e. The molecule has 0 aromatic heterocycles. The van der Waals surface area contributed by atoms with Gasteiger partial charge in [-0.15, -0.1) is 0 Å². The van der Waals surface area contributed by atoms with Crippen molar-refractivity contribution in [2.24, 2.45) is 0 Å². The van der Waals surface area contributed by atoms with Gasteiger partial charge < -0.3 is 14.8 Å². The molecular weight excluding hydrogens is 262 g/mol. The minimum absolute atomic E-state index is 0.0235. The van der Waals surface area contributed by atoms with Crippen LogP contribution in [0.15, 0.2) is 36.4 Å². The summed E-state index contributed by atoms with van der Waals surface area (Å²) in [7, 11) is 5.32. The SMILES string of the molecule is CNC(c1ccc(C)c(C)c1)c1c(OC)cccc1OC. The van der Waals surface area contributed by atoms with Gasteiger partial charge in [-0.05, 0) is 49.7 Å². The molecule has 0 saturated heterocycles. The molecule has 0 fully saturated rings. The zero-order valence-electron chi connectivity index (χ0n) is 13.4. The molecule has 0 aliphatic carbocycles. The van der Waals surface area contributed by atoms with E-state index in [4.69, 9.17) is 9.47 Å². The first-order chi connectivity index (χ1) is 10.1. The van der Waals surface area contributed by atoms with Crippen molar-refractivity contribution in [1.82, 2.24) is 5.32 Å². The van der Waals surface area contributed by atoms with Gasteiger partial charge in [0.15, 0.2) is 0 Å². The Balaban J connectivity index is 2.57. The van der Waals surface area contributed by atoms with Crippen LogP contribution in [-0.4, -0.2) is 21.3 Å². The van der Waals surface area contributed by atoms with E-state index in [1.165, 1.54) is 16.7 Å². The third-order valence-electron chi connectivity index (χ3n) is 3.91. The van der Waals surface area contributed by atoms with E-state index in [2.05, 4.69) is 37.4 Å². The Morgan fingerprint density at radius 3 is 2.00 bits per heavy atom. The van der Waals surface area contributed by atoms with Crippen LogP contribution in [0, 0.1) is 13.8 Å². The minimum atomic E-state index is 0.0235. The Morgan fingerprint density at radius 1 is 0.905 bits per heavy atom. The van der Waals surface area contributed by atoms with Crippen LogP contribution in [0.2, 0.25) is 0 Å². The lowest BCUT2D eigenvalue weighted by Crippen LogP contribution is -2.19. The first-order valence-electron chi connectivity index (χ1n) is 7.07. The van der Waals surface area contributed by atoms with Crippen molar-refractivity contribution in [2.45, 2.75) is 19.9 Å². The van der Waals surface area contributed by atoms with Gasteiger partial charge in [0.05, 0.1) is 25.8 Å². The first kappa shape index (κ1) is 15.4. The summed E-state index contributed by atoms with van der Waals surface area (Å²) >= 11 is 0. The molecule has 2 rings (SSSR count). The van der Waals surface area contributed by atoms with Gasteiger partial charge in [-0.3, -0.25) is 0 Å². The maximum Gasteiger partial charge on any atom is 0.127 e. The van der Waals surface area contributed by atoms with Gasteiger partial charge in [-0.1, -0.05) is 24.3 Å². The van der Waals surface area contributed by atoms with Crippen molar-refractivity contribution >= 4 is 0 Å². The maximum atomic E-state index is 5.53. The highest BCUT2D eigenvalue weighted by atomic mass is 16.5. The van der Waals surface area contributed by atoms with E-state index < -0.39 is 0 Å². The Morgan fingerprint density at radius 2 is 1.52 bits per heavy atom. The average Bonchev–Trinajstić information content (AvgIpc) is 2.51. The fourth-order valence-corrected chi connectivity index (χ4v) is 2.59. The van der Waals surface area contributed by atoms with Gasteiger partial charge in [0, 0.05) is 0 Å². The summed E-state index contributed by atoms with van der Waals surface area (Å²) in [6, 6.07) is 12.4. The summed E-state index contributed by atoms with van der Waals surface area (Å²) < 4.78 is 11.1. The summed E-state index contributed by atoms with van der Waals surface area (Å²) in [6.07, 6.45) is 0. The maximum absolute atomic E-state index is 5.53. The van der Waals surface area contributed by atoms with Gasteiger partial charge in [0.2, 0.25) is 0 Å². The zero-order valence-corrected chi connectivity index (χ0v) is 13.4. The molecule has 1 atom stereocenters. The monoisotopic (exact) mass is 285 g/mol. The number of nitrogens with one attached hydrogen (secondary N) is 1. The van der Waals surface area contributed by atoms with E-state index in [9.17, 15) is 0 Å². The number of rotatable bonds is 5. The molecule has 2 aromatic carbocycles. The lowest BCUT2D eigenvalue weighted by Gasteiger charge is -2.23. The van der Waals surface area contributed by atoms with Crippen molar-refractivity contribution in [3.8, 4) is 11.5 Å². The first-order valence-corrected chi connectivity index (χ1v) is 7.07. The second-order valence-electron chi connectivity index (χ2n) is 5.14. The average molecular weight is 285 g/mol. The van der Waals surface area contributed by atoms with Crippen LogP contribution in [0.25, 0.3) is 0 Å². The molecule has 1 unspecified atom stereocenters. The van der Waals surface area contributed by atoms with Crippen LogP contribution >= 0.6 is 0 Å². The molecule has 0 heterocycles. The molecule has 0 bridgehead atoms. The second-order valence-corrected chi connectivity index (χ2v) is 5.14. The predicted molar refractivity (Wildman–Crippen MR) is 86.4 cm³/mol. The third-order valence-corrected chi connectivity index (χ3v) is 3.91. The minimum Gasteiger partial charge on any atom is -0.496 e. The highest BCUT2D eigenvalue weighted by Gasteiger charge is 2.21. The van der Waals surface area contributed by atoms with E-state index in [0.29, 0.717) is 0 Å². The Hall–Kier alpha value is -2.00. The Bertz CT molecular complexity index is 600. The molecule has 21 heavy (non-hydrogen) atoms. The molecule has 2 aromatic rings. The molecule has 0 aliphatic rings. The highest BCUT2D eigenvalue weighted by Crippen LogP contribution is 2.37. The van der Waals surface area contributed by atoms with Gasteiger partial charge in [-0.25, -0.2) is 0 Å². The molecule has 3 nitrogen and oxygen atoms in total. The summed E-state index contributed by atoms with van der Waals surface area (Å²) in [4.78, 5) is 0. The number of hydrogen-bond donors (Lipinski definition) is 1. The molecule has 112 valence electrons. The summed E-state index contributed by atoms with van der Waals surface area (Å²) in [5.41, 5.74) is 4.79. The highest BCUT2D eigenvalue weighted by molar-refractivity contribution is 5.51. The fraction of sp³-hybridized carbons (Fsp3) is 0.333.